The fraction of sp³-hybridized carbons (Fsp3) is 0.333. The quantitative estimate of drug-likeness (QED) is 0.577. The van der Waals surface area contributed by atoms with Gasteiger partial charge in [0.25, 0.3) is 0 Å². The minimum atomic E-state index is 0. The number of rotatable bonds is 0. The van der Waals surface area contributed by atoms with Crippen LogP contribution < -0.4 is 6.15 Å². The Bertz CT molecular complexity index is 65.0. The van der Waals surface area contributed by atoms with E-state index in [0.29, 0.717) is 0 Å². The molecule has 1 rings (SSSR count). The lowest BCUT2D eigenvalue weighted by molar-refractivity contribution is 1.50. The van der Waals surface area contributed by atoms with Crippen molar-refractivity contribution in [2.45, 2.75) is 13.8 Å². The Hall–Kier alpha value is -0.340. The minimum Gasteiger partial charge on any atom is -0.344 e. The molecule has 0 fully saturated rings. The van der Waals surface area contributed by atoms with E-state index in [-0.39, 0.29) is 6.15 Å². The molecule has 1 aromatic rings. The van der Waals surface area contributed by atoms with Gasteiger partial charge in [0.15, 0.2) is 0 Å². The lowest BCUT2D eigenvalue weighted by Gasteiger charge is -1.39. The monoisotopic (exact) mass is 131 g/mol. The second-order valence-electron chi connectivity index (χ2n) is 0.793. The summed E-state index contributed by atoms with van der Waals surface area (Å²) in [6, 6.07) is 4.04. The normalized spacial score (nSPS) is 5.75. The summed E-state index contributed by atoms with van der Waals surface area (Å²) in [4.78, 5) is 0. The lowest BCUT2D eigenvalue weighted by atomic mass is 10.7. The first-order valence-corrected chi connectivity index (χ1v) is 3.41. The zero-order chi connectivity index (χ0) is 5.54. The van der Waals surface area contributed by atoms with Gasteiger partial charge in [0.2, 0.25) is 0 Å². The maximum Gasteiger partial charge on any atom is -0.00934 e. The van der Waals surface area contributed by atoms with Crippen molar-refractivity contribution >= 4 is 11.3 Å². The molecule has 1 nitrogen and oxygen atoms in total. The number of thiophene rings is 1. The van der Waals surface area contributed by atoms with E-state index in [1.807, 2.05) is 36.7 Å². The van der Waals surface area contributed by atoms with E-state index in [4.69, 9.17) is 0 Å². The largest absolute Gasteiger partial charge is 0.344 e. The standard InChI is InChI=1S/C4H4S.C2H6.H3N/c1-2-4-5-3-1;1-2;/h1-4H;1-2H3;1H3. The Balaban J connectivity index is 0. The molecule has 1 aromatic heterocycles. The summed E-state index contributed by atoms with van der Waals surface area (Å²) >= 11 is 1.71. The Morgan fingerprint density at radius 2 is 1.38 bits per heavy atom. The number of hydrogen-bond acceptors (Lipinski definition) is 2. The first-order valence-electron chi connectivity index (χ1n) is 2.47. The highest BCUT2D eigenvalue weighted by Gasteiger charge is 1.58. The highest BCUT2D eigenvalue weighted by Crippen LogP contribution is 1.91. The van der Waals surface area contributed by atoms with Gasteiger partial charge in [0.1, 0.15) is 0 Å². The molecular weight excluding hydrogens is 118 g/mol. The van der Waals surface area contributed by atoms with Gasteiger partial charge < -0.3 is 6.15 Å². The zero-order valence-corrected chi connectivity index (χ0v) is 6.24. The van der Waals surface area contributed by atoms with Gasteiger partial charge in [-0.1, -0.05) is 26.0 Å². The summed E-state index contributed by atoms with van der Waals surface area (Å²) in [5, 5.41) is 4.08. The summed E-state index contributed by atoms with van der Waals surface area (Å²) < 4.78 is 0. The summed E-state index contributed by atoms with van der Waals surface area (Å²) in [7, 11) is 0. The van der Waals surface area contributed by atoms with Gasteiger partial charge in [-0.25, -0.2) is 0 Å². The molecule has 0 aliphatic carbocycles. The van der Waals surface area contributed by atoms with Crippen molar-refractivity contribution in [2.75, 3.05) is 0 Å². The minimum absolute atomic E-state index is 0. The van der Waals surface area contributed by atoms with Crippen LogP contribution in [0.3, 0.4) is 0 Å². The van der Waals surface area contributed by atoms with Crippen LogP contribution in [0.25, 0.3) is 0 Å². The summed E-state index contributed by atoms with van der Waals surface area (Å²) in [5.74, 6) is 0. The van der Waals surface area contributed by atoms with E-state index in [2.05, 4.69) is 0 Å². The van der Waals surface area contributed by atoms with Crippen LogP contribution in [0.15, 0.2) is 22.9 Å². The fourth-order valence-electron chi connectivity index (χ4n) is 0.227. The highest BCUT2D eigenvalue weighted by molar-refractivity contribution is 7.07. The second kappa shape index (κ2) is 9.83. The van der Waals surface area contributed by atoms with Crippen LogP contribution in [0, 0.1) is 0 Å². The smallest absolute Gasteiger partial charge is 0.00934 e. The predicted molar refractivity (Wildman–Crippen MR) is 40.7 cm³/mol. The van der Waals surface area contributed by atoms with E-state index in [1.54, 1.807) is 11.3 Å². The van der Waals surface area contributed by atoms with Crippen LogP contribution in [0.1, 0.15) is 13.8 Å². The molecule has 0 aliphatic rings. The Kier molecular flexibility index (Phi) is 13.0. The molecule has 8 heavy (non-hydrogen) atoms. The predicted octanol–water partition coefficient (Wildman–Crippen LogP) is 2.94. The topological polar surface area (TPSA) is 35.0 Å². The average molecular weight is 131 g/mol. The Labute approximate surface area is 54.9 Å². The van der Waals surface area contributed by atoms with Gasteiger partial charge in [-0.15, -0.1) is 0 Å². The van der Waals surface area contributed by atoms with E-state index >= 15 is 0 Å². The molecule has 0 atom stereocenters. The average Bonchev–Trinajstić information content (AvgIpc) is 2.23. The van der Waals surface area contributed by atoms with Crippen molar-refractivity contribution in [1.29, 1.82) is 0 Å². The summed E-state index contributed by atoms with van der Waals surface area (Å²) in [5.41, 5.74) is 0. The molecule has 1 heterocycles. The molecule has 0 aliphatic heterocycles. The first-order chi connectivity index (χ1) is 3.50. The van der Waals surface area contributed by atoms with E-state index in [9.17, 15) is 0 Å². The zero-order valence-electron chi connectivity index (χ0n) is 5.42. The molecule has 2 heteroatoms. The van der Waals surface area contributed by atoms with E-state index in [0.717, 1.165) is 0 Å². The maximum absolute atomic E-state index is 2.04. The van der Waals surface area contributed by atoms with Crippen molar-refractivity contribution in [2.24, 2.45) is 0 Å². The van der Waals surface area contributed by atoms with E-state index in [1.165, 1.54) is 0 Å². The van der Waals surface area contributed by atoms with Crippen molar-refractivity contribution in [3.63, 3.8) is 0 Å². The Morgan fingerprint density at radius 3 is 1.50 bits per heavy atom. The van der Waals surface area contributed by atoms with Crippen LogP contribution in [-0.4, -0.2) is 0 Å². The third kappa shape index (κ3) is 5.66. The van der Waals surface area contributed by atoms with E-state index < -0.39 is 0 Å². The summed E-state index contributed by atoms with van der Waals surface area (Å²) in [6.07, 6.45) is 0. The third-order valence-corrected chi connectivity index (χ3v) is 1.05. The van der Waals surface area contributed by atoms with Crippen LogP contribution in [0.5, 0.6) is 0 Å². The van der Waals surface area contributed by atoms with Crippen molar-refractivity contribution in [3.8, 4) is 0 Å². The van der Waals surface area contributed by atoms with Gasteiger partial charge in [-0.05, 0) is 10.8 Å². The molecule has 3 N–H and O–H groups in total. The molecule has 0 bridgehead atoms. The first kappa shape index (κ1) is 10.6. The third-order valence-electron chi connectivity index (χ3n) is 0.425. The molecule has 48 valence electrons. The second-order valence-corrected chi connectivity index (χ2v) is 1.61. The molecule has 0 amide bonds. The molecule has 0 spiro atoms. The molecule has 0 saturated heterocycles. The van der Waals surface area contributed by atoms with Gasteiger partial charge in [0, 0.05) is 0 Å². The van der Waals surface area contributed by atoms with Gasteiger partial charge in [-0.2, -0.15) is 11.3 Å². The maximum atomic E-state index is 2.04. The van der Waals surface area contributed by atoms with Crippen LogP contribution in [0.4, 0.5) is 0 Å². The Morgan fingerprint density at radius 1 is 1.00 bits per heavy atom. The van der Waals surface area contributed by atoms with Crippen LogP contribution in [-0.2, 0) is 0 Å². The van der Waals surface area contributed by atoms with Gasteiger partial charge in [-0.3, -0.25) is 0 Å². The molecular formula is C6H13NS. The molecule has 0 radical (unpaired) electrons. The van der Waals surface area contributed by atoms with Gasteiger partial charge >= 0.3 is 0 Å². The van der Waals surface area contributed by atoms with Crippen molar-refractivity contribution in [1.82, 2.24) is 6.15 Å². The van der Waals surface area contributed by atoms with Crippen LogP contribution >= 0.6 is 11.3 Å². The molecule has 0 unspecified atom stereocenters. The highest BCUT2D eigenvalue weighted by atomic mass is 32.1. The molecule has 0 saturated carbocycles. The van der Waals surface area contributed by atoms with Gasteiger partial charge in [0.05, 0.1) is 0 Å². The summed E-state index contributed by atoms with van der Waals surface area (Å²) in [6.45, 7) is 4.00. The lowest BCUT2D eigenvalue weighted by Crippen LogP contribution is -1.16. The fourth-order valence-corrected chi connectivity index (χ4v) is 0.680. The van der Waals surface area contributed by atoms with Crippen molar-refractivity contribution in [3.05, 3.63) is 22.9 Å². The number of hydrogen-bond donors (Lipinski definition) is 1. The SMILES string of the molecule is CC.N.c1ccsc1. The molecule has 0 aromatic carbocycles. The van der Waals surface area contributed by atoms with Crippen LogP contribution in [0.2, 0.25) is 0 Å². The van der Waals surface area contributed by atoms with Crippen molar-refractivity contribution < 1.29 is 0 Å².